The predicted octanol–water partition coefficient (Wildman–Crippen LogP) is 1.56. The van der Waals surface area contributed by atoms with Gasteiger partial charge in [-0.15, -0.1) is 0 Å². The number of ketones is 4. The Labute approximate surface area is 219 Å². The van der Waals surface area contributed by atoms with Crippen molar-refractivity contribution >= 4 is 29.0 Å². The van der Waals surface area contributed by atoms with E-state index in [2.05, 4.69) is 0 Å². The summed E-state index contributed by atoms with van der Waals surface area (Å²) < 4.78 is 0. The molecule has 5 rings (SSSR count). The van der Waals surface area contributed by atoms with Crippen molar-refractivity contribution in [2.45, 2.75) is 37.8 Å². The Balaban J connectivity index is 1.61. The lowest BCUT2D eigenvalue weighted by Crippen LogP contribution is -2.69. The lowest BCUT2D eigenvalue weighted by atomic mass is 9.52. The van der Waals surface area contributed by atoms with Crippen LogP contribution in [0.25, 0.3) is 11.1 Å². The van der Waals surface area contributed by atoms with E-state index in [4.69, 9.17) is 5.73 Å². The van der Waals surface area contributed by atoms with Crippen LogP contribution in [0.3, 0.4) is 0 Å². The van der Waals surface area contributed by atoms with Gasteiger partial charge in [0.1, 0.15) is 17.3 Å². The molecule has 1 amide bonds. The van der Waals surface area contributed by atoms with Crippen LogP contribution in [0.5, 0.6) is 5.75 Å². The van der Waals surface area contributed by atoms with E-state index in [0.29, 0.717) is 16.7 Å². The number of phenols is 1. The van der Waals surface area contributed by atoms with Crippen molar-refractivity contribution in [2.75, 3.05) is 14.1 Å². The minimum absolute atomic E-state index is 0.0392. The molecule has 0 spiro atoms. The molecular weight excluding hydrogens is 488 g/mol. The number of nitrogens with zero attached hydrogens (tertiary/aromatic N) is 1. The number of Topliss-reactive ketones (excluding diaryl/α,β-unsaturated/α-hetero) is 4. The summed E-state index contributed by atoms with van der Waals surface area (Å²) in [6.45, 7) is 1.47. The molecular formula is C29H30N2O7. The monoisotopic (exact) mass is 518 g/mol. The highest BCUT2D eigenvalue weighted by atomic mass is 16.3. The summed E-state index contributed by atoms with van der Waals surface area (Å²) in [7, 11) is 3.29. The van der Waals surface area contributed by atoms with E-state index in [1.165, 1.54) is 13.0 Å². The highest BCUT2D eigenvalue weighted by Crippen LogP contribution is 2.52. The van der Waals surface area contributed by atoms with Gasteiger partial charge in [-0.2, -0.15) is 0 Å². The van der Waals surface area contributed by atoms with Crippen LogP contribution in [-0.2, 0) is 20.8 Å². The lowest BCUT2D eigenvalue weighted by molar-refractivity contribution is -0.176. The Morgan fingerprint density at radius 3 is 2.29 bits per heavy atom. The quantitative estimate of drug-likeness (QED) is 0.407. The van der Waals surface area contributed by atoms with Crippen molar-refractivity contribution in [3.63, 3.8) is 0 Å². The van der Waals surface area contributed by atoms with Crippen LogP contribution in [0.4, 0.5) is 0 Å². The summed E-state index contributed by atoms with van der Waals surface area (Å²) in [6.07, 6.45) is 0.0270. The van der Waals surface area contributed by atoms with E-state index in [1.54, 1.807) is 49.3 Å². The smallest absolute Gasteiger partial charge is 0.228 e. The number of rotatable bonds is 4. The first-order valence-electron chi connectivity index (χ1n) is 12.6. The molecule has 2 aromatic carbocycles. The minimum atomic E-state index is -2.08. The third kappa shape index (κ3) is 3.72. The van der Waals surface area contributed by atoms with Crippen LogP contribution in [0.1, 0.15) is 46.0 Å². The number of carbonyl (C=O) groups excluding carboxylic acids is 5. The predicted molar refractivity (Wildman–Crippen MR) is 136 cm³/mol. The summed E-state index contributed by atoms with van der Waals surface area (Å²) >= 11 is 0. The maximum absolute atomic E-state index is 13.9. The second-order valence-electron chi connectivity index (χ2n) is 11.0. The third-order valence-electron chi connectivity index (χ3n) is 8.67. The first kappa shape index (κ1) is 25.9. The van der Waals surface area contributed by atoms with Crippen molar-refractivity contribution < 1.29 is 34.2 Å². The van der Waals surface area contributed by atoms with Gasteiger partial charge in [0.05, 0.1) is 17.5 Å². The van der Waals surface area contributed by atoms with Gasteiger partial charge in [0.15, 0.2) is 23.1 Å². The van der Waals surface area contributed by atoms with Crippen molar-refractivity contribution in [1.29, 1.82) is 0 Å². The molecule has 4 N–H and O–H groups in total. The fourth-order valence-electron chi connectivity index (χ4n) is 6.87. The number of hydrogen-bond donors (Lipinski definition) is 3. The van der Waals surface area contributed by atoms with E-state index in [-0.39, 0.29) is 29.9 Å². The molecule has 6 atom stereocenters. The standard InChI is InChI=1S/C29H30N2O7/c1-13(32)14-4-6-15(7-5-14)17-8-9-21(33)23-18(17)10-16-11-20-24(31(2)3)25(34)19(28(30)37)12-29(20,38)27(36)22(16)26(23)35/h4-9,16,19-20,22,24,33,38H,10-12H2,1-3H3,(H2,30,37). The van der Waals surface area contributed by atoms with Gasteiger partial charge >= 0.3 is 0 Å². The molecule has 9 heteroatoms. The molecule has 2 saturated carbocycles. The number of aromatic hydroxyl groups is 1. The summed E-state index contributed by atoms with van der Waals surface area (Å²) in [5.74, 6) is -6.87. The van der Waals surface area contributed by atoms with E-state index in [9.17, 15) is 34.2 Å². The number of benzene rings is 2. The Kier molecular flexibility index (Phi) is 6.11. The van der Waals surface area contributed by atoms with Crippen LogP contribution in [-0.4, -0.2) is 69.9 Å². The Morgan fingerprint density at radius 1 is 1.05 bits per heavy atom. The fourth-order valence-corrected chi connectivity index (χ4v) is 6.87. The molecule has 0 radical (unpaired) electrons. The zero-order valence-electron chi connectivity index (χ0n) is 21.4. The van der Waals surface area contributed by atoms with Crippen LogP contribution in [0, 0.1) is 23.7 Å². The molecule has 0 aliphatic heterocycles. The molecule has 0 heterocycles. The third-order valence-corrected chi connectivity index (χ3v) is 8.67. The SMILES string of the molecule is CC(=O)c1ccc(-c2ccc(O)c3c2CC2CC4C(N(C)C)C(=O)C(C(N)=O)CC4(O)C(=O)C2C3=O)cc1. The first-order chi connectivity index (χ1) is 17.9. The maximum atomic E-state index is 13.9. The van der Waals surface area contributed by atoms with E-state index < -0.39 is 65.0 Å². The second-order valence-corrected chi connectivity index (χ2v) is 11.0. The van der Waals surface area contributed by atoms with Gasteiger partial charge in [-0.25, -0.2) is 0 Å². The van der Waals surface area contributed by atoms with Gasteiger partial charge in [-0.1, -0.05) is 30.3 Å². The number of aliphatic hydroxyl groups is 1. The molecule has 38 heavy (non-hydrogen) atoms. The van der Waals surface area contributed by atoms with Gasteiger partial charge in [-0.3, -0.25) is 28.9 Å². The highest BCUT2D eigenvalue weighted by Gasteiger charge is 2.64. The van der Waals surface area contributed by atoms with Crippen LogP contribution in [0.15, 0.2) is 36.4 Å². The van der Waals surface area contributed by atoms with Crippen LogP contribution < -0.4 is 5.73 Å². The molecule has 6 unspecified atom stereocenters. The number of phenolic OH excluding ortho intramolecular Hbond substituents is 1. The average molecular weight is 519 g/mol. The lowest BCUT2D eigenvalue weighted by Gasteiger charge is -2.53. The van der Waals surface area contributed by atoms with Crippen molar-refractivity contribution in [1.82, 2.24) is 4.90 Å². The fraction of sp³-hybridized carbons (Fsp3) is 0.414. The summed E-state index contributed by atoms with van der Waals surface area (Å²) in [5, 5.41) is 22.4. The highest BCUT2D eigenvalue weighted by molar-refractivity contribution is 6.18. The molecule has 0 saturated heterocycles. The van der Waals surface area contributed by atoms with Crippen molar-refractivity contribution in [3.05, 3.63) is 53.1 Å². The number of hydrogen-bond acceptors (Lipinski definition) is 8. The molecule has 3 aliphatic carbocycles. The van der Waals surface area contributed by atoms with Gasteiger partial charge in [0.25, 0.3) is 0 Å². The number of likely N-dealkylation sites (N-methyl/N-ethyl adjacent to an activating group) is 1. The molecule has 2 fully saturated rings. The van der Waals surface area contributed by atoms with Gasteiger partial charge in [0, 0.05) is 17.9 Å². The van der Waals surface area contributed by atoms with Crippen molar-refractivity contribution in [3.8, 4) is 16.9 Å². The number of primary amides is 1. The molecule has 0 aromatic heterocycles. The Hall–Kier alpha value is -3.69. The summed E-state index contributed by atoms with van der Waals surface area (Å²) in [5.41, 5.74) is 6.01. The number of amides is 1. The van der Waals surface area contributed by atoms with Gasteiger partial charge in [-0.05, 0) is 62.5 Å². The van der Waals surface area contributed by atoms with Crippen molar-refractivity contribution in [2.24, 2.45) is 29.4 Å². The van der Waals surface area contributed by atoms with E-state index >= 15 is 0 Å². The van der Waals surface area contributed by atoms with Gasteiger partial charge in [0.2, 0.25) is 5.91 Å². The first-order valence-corrected chi connectivity index (χ1v) is 12.6. The molecule has 198 valence electrons. The Morgan fingerprint density at radius 2 is 1.71 bits per heavy atom. The number of carbonyl (C=O) groups is 5. The van der Waals surface area contributed by atoms with E-state index in [1.807, 2.05) is 0 Å². The summed E-state index contributed by atoms with van der Waals surface area (Å²) in [6, 6.07) is 9.12. The van der Waals surface area contributed by atoms with E-state index in [0.717, 1.165) is 5.56 Å². The van der Waals surface area contributed by atoms with Gasteiger partial charge < -0.3 is 15.9 Å². The molecule has 9 nitrogen and oxygen atoms in total. The van der Waals surface area contributed by atoms with Crippen LogP contribution in [0.2, 0.25) is 0 Å². The van der Waals surface area contributed by atoms with Crippen LogP contribution >= 0.6 is 0 Å². The minimum Gasteiger partial charge on any atom is -0.507 e. The molecule has 0 bridgehead atoms. The number of nitrogens with two attached hydrogens (primary N) is 1. The zero-order valence-corrected chi connectivity index (χ0v) is 21.4. The maximum Gasteiger partial charge on any atom is 0.228 e. The zero-order chi connectivity index (χ0) is 27.7. The Bertz CT molecular complexity index is 1400. The average Bonchev–Trinajstić information content (AvgIpc) is 2.85. The normalized spacial score (nSPS) is 30.4. The molecule has 3 aliphatic rings. The molecule has 2 aromatic rings. The number of fused-ring (bicyclic) bond motifs is 3. The second kappa shape index (κ2) is 8.96. The largest absolute Gasteiger partial charge is 0.507 e. The topological polar surface area (TPSA) is 155 Å². The summed E-state index contributed by atoms with van der Waals surface area (Å²) in [4.78, 5) is 66.3.